The molecule has 3 aromatic rings. The average molecular weight is 499 g/mol. The minimum absolute atomic E-state index is 0.0888. The second-order valence-electron chi connectivity index (χ2n) is 12.8. The lowest BCUT2D eigenvalue weighted by Crippen LogP contribution is -2.58. The summed E-state index contributed by atoms with van der Waals surface area (Å²) in [5.41, 5.74) is 2.74. The molecule has 1 N–H and O–H groups in total. The fourth-order valence-corrected chi connectivity index (χ4v) is 8.90. The first-order chi connectivity index (χ1) is 17.9. The van der Waals surface area contributed by atoms with Crippen molar-refractivity contribution in [1.29, 1.82) is 0 Å². The van der Waals surface area contributed by atoms with E-state index in [4.69, 9.17) is 4.98 Å². The second-order valence-corrected chi connectivity index (χ2v) is 12.8. The van der Waals surface area contributed by atoms with Crippen LogP contribution in [0.5, 0.6) is 0 Å². The molecular formula is C31H38N4O2. The summed E-state index contributed by atoms with van der Waals surface area (Å²) in [6.45, 7) is 5.03. The number of benzene rings is 1. The summed E-state index contributed by atoms with van der Waals surface area (Å²) in [6, 6.07) is 14.8. The normalized spacial score (nSPS) is 35.6. The summed E-state index contributed by atoms with van der Waals surface area (Å²) in [5, 5.41) is 0. The van der Waals surface area contributed by atoms with Gasteiger partial charge in [0.1, 0.15) is 0 Å². The Morgan fingerprint density at radius 2 is 1.68 bits per heavy atom. The molecule has 4 aliphatic rings. The Morgan fingerprint density at radius 3 is 2.43 bits per heavy atom. The molecule has 194 valence electrons. The second kappa shape index (κ2) is 8.65. The Hall–Kier alpha value is -2.73. The van der Waals surface area contributed by atoms with Gasteiger partial charge in [0.15, 0.2) is 5.69 Å². The van der Waals surface area contributed by atoms with Crippen LogP contribution in [0, 0.1) is 17.3 Å². The van der Waals surface area contributed by atoms with E-state index in [-0.39, 0.29) is 17.2 Å². The van der Waals surface area contributed by atoms with E-state index in [9.17, 15) is 9.59 Å². The molecule has 4 bridgehead atoms. The zero-order chi connectivity index (χ0) is 25.3. The minimum Gasteiger partial charge on any atom is -0.320 e. The van der Waals surface area contributed by atoms with Gasteiger partial charge in [0.05, 0.1) is 16.7 Å². The molecule has 7 atom stereocenters. The number of piperidine rings is 2. The molecule has 2 aliphatic heterocycles. The van der Waals surface area contributed by atoms with Crippen LogP contribution in [0.2, 0.25) is 0 Å². The molecule has 2 aliphatic carbocycles. The van der Waals surface area contributed by atoms with Crippen molar-refractivity contribution in [1.82, 2.24) is 19.4 Å². The van der Waals surface area contributed by atoms with Gasteiger partial charge in [-0.15, -0.1) is 0 Å². The Kier molecular flexibility index (Phi) is 5.47. The molecule has 2 unspecified atom stereocenters. The Balaban J connectivity index is 1.27. The van der Waals surface area contributed by atoms with Crippen molar-refractivity contribution in [2.45, 2.75) is 95.8 Å². The summed E-state index contributed by atoms with van der Waals surface area (Å²) in [6.07, 6.45) is 11.3. The maximum absolute atomic E-state index is 14.0. The first kappa shape index (κ1) is 23.4. The predicted octanol–water partition coefficient (Wildman–Crippen LogP) is 5.52. The third-order valence-electron chi connectivity index (χ3n) is 10.6. The number of rotatable bonds is 3. The number of nitrogens with zero attached hydrogens (tertiary/aromatic N) is 3. The van der Waals surface area contributed by atoms with Gasteiger partial charge in [-0.25, -0.2) is 4.98 Å². The van der Waals surface area contributed by atoms with Crippen LogP contribution in [0.3, 0.4) is 0 Å². The maximum atomic E-state index is 14.0. The van der Waals surface area contributed by atoms with Crippen LogP contribution >= 0.6 is 0 Å². The van der Waals surface area contributed by atoms with Gasteiger partial charge >= 0.3 is 0 Å². The van der Waals surface area contributed by atoms with E-state index in [1.54, 1.807) is 12.1 Å². The molecule has 1 aromatic carbocycles. The van der Waals surface area contributed by atoms with E-state index in [0.29, 0.717) is 34.9 Å². The molecule has 0 radical (unpaired) electrons. The van der Waals surface area contributed by atoms with Gasteiger partial charge < -0.3 is 9.55 Å². The van der Waals surface area contributed by atoms with E-state index < -0.39 is 0 Å². The van der Waals surface area contributed by atoms with Crippen molar-refractivity contribution in [3.63, 3.8) is 0 Å². The van der Waals surface area contributed by atoms with Crippen molar-refractivity contribution >= 4 is 11.0 Å². The Morgan fingerprint density at radius 1 is 0.892 bits per heavy atom. The van der Waals surface area contributed by atoms with Gasteiger partial charge in [-0.05, 0) is 86.8 Å². The molecule has 4 fully saturated rings. The Bertz CT molecular complexity index is 1450. The van der Waals surface area contributed by atoms with Gasteiger partial charge in [-0.3, -0.25) is 14.5 Å². The molecule has 7 rings (SSSR count). The lowest BCUT2D eigenvalue weighted by molar-refractivity contribution is -0.0479. The van der Waals surface area contributed by atoms with Crippen molar-refractivity contribution in [2.75, 3.05) is 0 Å². The molecule has 0 amide bonds. The fourth-order valence-electron chi connectivity index (χ4n) is 8.90. The number of pyridine rings is 1. The molecular weight excluding hydrogens is 460 g/mol. The molecule has 4 heterocycles. The van der Waals surface area contributed by atoms with Gasteiger partial charge in [0.25, 0.3) is 5.56 Å². The Labute approximate surface area is 218 Å². The summed E-state index contributed by atoms with van der Waals surface area (Å²) in [5.74, 6) is 1.73. The number of fused-ring (bicyclic) bond motifs is 5. The van der Waals surface area contributed by atoms with E-state index in [2.05, 4.69) is 23.7 Å². The van der Waals surface area contributed by atoms with E-state index in [1.807, 2.05) is 28.8 Å². The topological polar surface area (TPSA) is 71.0 Å². The smallest absolute Gasteiger partial charge is 0.279 e. The standard InChI is InChI=1S/C31H38N4O2/c1-19-13-20-14-24(18-31(19,2)17-20)34-21-7-5-8-22(34)16-23(15-21)35-27-11-4-3-9-25(27)33-29(30(35)37)26-10-6-12-28(36)32-26/h3-4,6,9-12,19-24H,5,7-8,13-18H2,1-2H3,(H,32,36)/t19-,20-,21-,22+,23?,24-,31?/m1/s1. The summed E-state index contributed by atoms with van der Waals surface area (Å²) < 4.78 is 2.03. The van der Waals surface area contributed by atoms with E-state index in [1.165, 1.54) is 51.0 Å². The van der Waals surface area contributed by atoms with E-state index >= 15 is 0 Å². The quantitative estimate of drug-likeness (QED) is 0.516. The highest BCUT2D eigenvalue weighted by Crippen LogP contribution is 2.57. The average Bonchev–Trinajstić information content (AvgIpc) is 3.08. The number of nitrogens with one attached hydrogen (secondary N) is 1. The number of hydrogen-bond donors (Lipinski definition) is 1. The first-order valence-electron chi connectivity index (χ1n) is 14.4. The lowest BCUT2D eigenvalue weighted by Gasteiger charge is -2.55. The third-order valence-corrected chi connectivity index (χ3v) is 10.6. The van der Waals surface area contributed by atoms with Crippen LogP contribution in [-0.4, -0.2) is 37.6 Å². The van der Waals surface area contributed by atoms with Gasteiger partial charge in [-0.2, -0.15) is 0 Å². The van der Waals surface area contributed by atoms with Crippen molar-refractivity contribution < 1.29 is 0 Å². The van der Waals surface area contributed by atoms with Crippen LogP contribution in [-0.2, 0) is 0 Å². The van der Waals surface area contributed by atoms with Crippen LogP contribution in [0.15, 0.2) is 52.1 Å². The summed E-state index contributed by atoms with van der Waals surface area (Å²) in [7, 11) is 0. The lowest BCUT2D eigenvalue weighted by atomic mass is 9.69. The fraction of sp³-hybridized carbons (Fsp3) is 0.581. The molecule has 6 heteroatoms. The SMILES string of the molecule is C[C@@H]1C[C@@H]2C[C@@H](N3[C@@H]4CCC[C@H]3CC(n3c(=O)c(-c5cccc(=O)[nH]5)nc5ccccc53)C4)CC1(C)C2. The first-order valence-corrected chi connectivity index (χ1v) is 14.4. The van der Waals surface area contributed by atoms with Crippen molar-refractivity contribution in [3.8, 4) is 11.4 Å². The maximum Gasteiger partial charge on any atom is 0.279 e. The van der Waals surface area contributed by atoms with Crippen LogP contribution in [0.25, 0.3) is 22.4 Å². The number of aromatic amines is 1. The summed E-state index contributed by atoms with van der Waals surface area (Å²) in [4.78, 5) is 36.6. The number of hydrogen-bond acceptors (Lipinski definition) is 4. The molecule has 2 aromatic heterocycles. The van der Waals surface area contributed by atoms with Gasteiger partial charge in [0, 0.05) is 30.2 Å². The van der Waals surface area contributed by atoms with Crippen LogP contribution < -0.4 is 11.1 Å². The largest absolute Gasteiger partial charge is 0.320 e. The highest BCUT2D eigenvalue weighted by molar-refractivity contribution is 5.77. The van der Waals surface area contributed by atoms with Crippen LogP contribution in [0.1, 0.15) is 77.7 Å². The highest BCUT2D eigenvalue weighted by atomic mass is 16.1. The molecule has 6 nitrogen and oxygen atoms in total. The monoisotopic (exact) mass is 498 g/mol. The van der Waals surface area contributed by atoms with Crippen LogP contribution in [0.4, 0.5) is 0 Å². The summed E-state index contributed by atoms with van der Waals surface area (Å²) >= 11 is 0. The van der Waals surface area contributed by atoms with Crippen molar-refractivity contribution in [2.24, 2.45) is 17.3 Å². The molecule has 2 saturated heterocycles. The third kappa shape index (κ3) is 3.82. The van der Waals surface area contributed by atoms with Gasteiger partial charge in [-0.1, -0.05) is 38.5 Å². The predicted molar refractivity (Wildman–Crippen MR) is 147 cm³/mol. The molecule has 0 spiro atoms. The highest BCUT2D eigenvalue weighted by Gasteiger charge is 2.51. The van der Waals surface area contributed by atoms with Crippen molar-refractivity contribution in [3.05, 3.63) is 63.2 Å². The zero-order valence-electron chi connectivity index (χ0n) is 22.0. The number of H-pyrrole nitrogens is 1. The van der Waals surface area contributed by atoms with Gasteiger partial charge in [0.2, 0.25) is 5.56 Å². The number of para-hydroxylation sites is 2. The minimum atomic E-state index is -0.217. The number of aromatic nitrogens is 3. The molecule has 2 saturated carbocycles. The molecule has 37 heavy (non-hydrogen) atoms. The van der Waals surface area contributed by atoms with E-state index in [0.717, 1.165) is 35.7 Å². The zero-order valence-corrected chi connectivity index (χ0v) is 22.0.